The van der Waals surface area contributed by atoms with Crippen LogP contribution in [0.15, 0.2) is 0 Å². The number of ether oxygens (including phenoxy) is 1. The first-order valence-corrected chi connectivity index (χ1v) is 7.13. The standard InChI is InChI=1S/C14H27NO2/c1-13(16,12-6-3-2-4-7-12)14(10-15)8-5-9-17-11-14/h12,16H,2-11,15H2,1H3. The first kappa shape index (κ1) is 13.3. The Bertz CT molecular complexity index is 241. The molecule has 3 heteroatoms. The van der Waals surface area contributed by atoms with Crippen LogP contribution in [0.5, 0.6) is 0 Å². The van der Waals surface area contributed by atoms with Crippen LogP contribution >= 0.6 is 0 Å². The molecule has 2 aliphatic rings. The molecule has 1 saturated heterocycles. The molecule has 0 aromatic carbocycles. The quantitative estimate of drug-likeness (QED) is 0.795. The zero-order valence-electron chi connectivity index (χ0n) is 11.1. The number of nitrogens with two attached hydrogens (primary N) is 1. The summed E-state index contributed by atoms with van der Waals surface area (Å²) in [6.07, 6.45) is 8.15. The average molecular weight is 241 g/mol. The van der Waals surface area contributed by atoms with Gasteiger partial charge in [-0.15, -0.1) is 0 Å². The minimum absolute atomic E-state index is 0.215. The molecule has 0 aromatic rings. The highest BCUT2D eigenvalue weighted by Gasteiger charge is 2.51. The van der Waals surface area contributed by atoms with Crippen molar-refractivity contribution < 1.29 is 9.84 Å². The van der Waals surface area contributed by atoms with Gasteiger partial charge in [-0.05, 0) is 38.5 Å². The summed E-state index contributed by atoms with van der Waals surface area (Å²) in [6.45, 7) is 4.00. The van der Waals surface area contributed by atoms with Gasteiger partial charge < -0.3 is 15.6 Å². The Morgan fingerprint density at radius 1 is 1.29 bits per heavy atom. The summed E-state index contributed by atoms with van der Waals surface area (Å²) in [5, 5.41) is 11.1. The molecule has 0 radical (unpaired) electrons. The lowest BCUT2D eigenvalue weighted by Gasteiger charge is -2.51. The third-order valence-corrected chi connectivity index (χ3v) is 5.19. The molecule has 100 valence electrons. The third kappa shape index (κ3) is 2.38. The maximum atomic E-state index is 11.1. The van der Waals surface area contributed by atoms with Crippen LogP contribution in [0.1, 0.15) is 51.9 Å². The largest absolute Gasteiger partial charge is 0.389 e. The molecule has 0 bridgehead atoms. The molecule has 0 spiro atoms. The Morgan fingerprint density at radius 3 is 2.53 bits per heavy atom. The van der Waals surface area contributed by atoms with Gasteiger partial charge >= 0.3 is 0 Å². The summed E-state index contributed by atoms with van der Waals surface area (Å²) >= 11 is 0. The molecule has 2 atom stereocenters. The predicted molar refractivity (Wildman–Crippen MR) is 68.7 cm³/mol. The number of hydrogen-bond donors (Lipinski definition) is 2. The van der Waals surface area contributed by atoms with Crippen molar-refractivity contribution >= 4 is 0 Å². The smallest absolute Gasteiger partial charge is 0.0737 e. The van der Waals surface area contributed by atoms with Gasteiger partial charge in [-0.1, -0.05) is 19.3 Å². The number of aliphatic hydroxyl groups is 1. The first-order valence-electron chi connectivity index (χ1n) is 7.13. The lowest BCUT2D eigenvalue weighted by atomic mass is 9.61. The summed E-state index contributed by atoms with van der Waals surface area (Å²) in [6, 6.07) is 0. The van der Waals surface area contributed by atoms with Crippen molar-refractivity contribution in [2.45, 2.75) is 57.5 Å². The van der Waals surface area contributed by atoms with Crippen LogP contribution in [0.4, 0.5) is 0 Å². The maximum absolute atomic E-state index is 11.1. The summed E-state index contributed by atoms with van der Waals surface area (Å²) < 4.78 is 5.61. The van der Waals surface area contributed by atoms with Crippen LogP contribution in [0.3, 0.4) is 0 Å². The fourth-order valence-corrected chi connectivity index (χ4v) is 3.72. The SMILES string of the molecule is CC(O)(C1CCCCC1)C1(CN)CCCOC1. The fourth-order valence-electron chi connectivity index (χ4n) is 3.72. The topological polar surface area (TPSA) is 55.5 Å². The van der Waals surface area contributed by atoms with E-state index >= 15 is 0 Å². The Kier molecular flexibility index (Phi) is 4.11. The summed E-state index contributed by atoms with van der Waals surface area (Å²) in [5.74, 6) is 0.404. The van der Waals surface area contributed by atoms with Gasteiger partial charge in [-0.25, -0.2) is 0 Å². The van der Waals surface area contributed by atoms with E-state index in [0.717, 1.165) is 32.3 Å². The van der Waals surface area contributed by atoms with Crippen LogP contribution < -0.4 is 5.73 Å². The second-order valence-corrected chi connectivity index (χ2v) is 6.12. The van der Waals surface area contributed by atoms with Gasteiger partial charge in [-0.3, -0.25) is 0 Å². The molecule has 2 rings (SSSR count). The molecule has 1 aliphatic heterocycles. The fraction of sp³-hybridized carbons (Fsp3) is 1.00. The molecule has 2 unspecified atom stereocenters. The third-order valence-electron chi connectivity index (χ3n) is 5.19. The zero-order chi connectivity index (χ0) is 12.4. The molecule has 0 aromatic heterocycles. The zero-order valence-corrected chi connectivity index (χ0v) is 11.1. The molecule has 3 N–H and O–H groups in total. The van der Waals surface area contributed by atoms with Gasteiger partial charge in [0, 0.05) is 18.6 Å². The van der Waals surface area contributed by atoms with Crippen molar-refractivity contribution in [2.24, 2.45) is 17.1 Å². The number of rotatable bonds is 3. The van der Waals surface area contributed by atoms with E-state index in [4.69, 9.17) is 10.5 Å². The second kappa shape index (κ2) is 5.25. The Balaban J connectivity index is 2.14. The summed E-state index contributed by atoms with van der Waals surface area (Å²) in [4.78, 5) is 0. The van der Waals surface area contributed by atoms with E-state index in [1.165, 1.54) is 19.3 Å². The Morgan fingerprint density at radius 2 is 2.00 bits per heavy atom. The van der Waals surface area contributed by atoms with Crippen LogP contribution in [-0.2, 0) is 4.74 Å². The van der Waals surface area contributed by atoms with Gasteiger partial charge in [0.15, 0.2) is 0 Å². The van der Waals surface area contributed by atoms with Gasteiger partial charge in [0.05, 0.1) is 12.2 Å². The maximum Gasteiger partial charge on any atom is 0.0737 e. The van der Waals surface area contributed by atoms with Crippen molar-refractivity contribution in [1.29, 1.82) is 0 Å². The van der Waals surface area contributed by atoms with Crippen LogP contribution in [0.2, 0.25) is 0 Å². The van der Waals surface area contributed by atoms with E-state index in [2.05, 4.69) is 0 Å². The first-order chi connectivity index (χ1) is 8.12. The van der Waals surface area contributed by atoms with Gasteiger partial charge in [0.1, 0.15) is 0 Å². The molecule has 1 aliphatic carbocycles. The average Bonchev–Trinajstić information content (AvgIpc) is 2.40. The summed E-state index contributed by atoms with van der Waals surface area (Å²) in [7, 11) is 0. The lowest BCUT2D eigenvalue weighted by Crippen LogP contribution is -2.59. The van der Waals surface area contributed by atoms with E-state index < -0.39 is 5.60 Å². The normalized spacial score (nSPS) is 35.5. The number of hydrogen-bond acceptors (Lipinski definition) is 3. The van der Waals surface area contributed by atoms with E-state index in [9.17, 15) is 5.11 Å². The molecule has 3 nitrogen and oxygen atoms in total. The summed E-state index contributed by atoms with van der Waals surface area (Å²) in [5.41, 5.74) is 5.11. The molecule has 0 amide bonds. The second-order valence-electron chi connectivity index (χ2n) is 6.12. The minimum Gasteiger partial charge on any atom is -0.389 e. The monoisotopic (exact) mass is 241 g/mol. The van der Waals surface area contributed by atoms with Crippen molar-refractivity contribution in [2.75, 3.05) is 19.8 Å². The van der Waals surface area contributed by atoms with Crippen molar-refractivity contribution in [3.63, 3.8) is 0 Å². The predicted octanol–water partition coefficient (Wildman–Crippen LogP) is 2.07. The van der Waals surface area contributed by atoms with Crippen molar-refractivity contribution in [1.82, 2.24) is 0 Å². The van der Waals surface area contributed by atoms with E-state index in [-0.39, 0.29) is 5.41 Å². The molecule has 2 fully saturated rings. The van der Waals surface area contributed by atoms with Crippen molar-refractivity contribution in [3.8, 4) is 0 Å². The molecule has 17 heavy (non-hydrogen) atoms. The van der Waals surface area contributed by atoms with E-state index in [1.54, 1.807) is 0 Å². The highest BCUT2D eigenvalue weighted by molar-refractivity contribution is 5.02. The molecular weight excluding hydrogens is 214 g/mol. The van der Waals surface area contributed by atoms with Crippen LogP contribution in [0, 0.1) is 11.3 Å². The molecule has 1 heterocycles. The lowest BCUT2D eigenvalue weighted by molar-refractivity contribution is -0.167. The van der Waals surface area contributed by atoms with E-state index in [1.807, 2.05) is 6.92 Å². The minimum atomic E-state index is -0.664. The van der Waals surface area contributed by atoms with Gasteiger partial charge in [0.25, 0.3) is 0 Å². The van der Waals surface area contributed by atoms with Crippen LogP contribution in [-0.4, -0.2) is 30.5 Å². The Labute approximate surface area is 105 Å². The highest BCUT2D eigenvalue weighted by atomic mass is 16.5. The Hall–Kier alpha value is -0.120. The van der Waals surface area contributed by atoms with E-state index in [0.29, 0.717) is 19.1 Å². The van der Waals surface area contributed by atoms with Crippen LogP contribution in [0.25, 0.3) is 0 Å². The van der Waals surface area contributed by atoms with Gasteiger partial charge in [0.2, 0.25) is 0 Å². The van der Waals surface area contributed by atoms with Crippen molar-refractivity contribution in [3.05, 3.63) is 0 Å². The highest BCUT2D eigenvalue weighted by Crippen LogP contribution is 2.46. The van der Waals surface area contributed by atoms with Gasteiger partial charge in [-0.2, -0.15) is 0 Å². The molecular formula is C14H27NO2. The molecule has 1 saturated carbocycles.